The van der Waals surface area contributed by atoms with Crippen LogP contribution in [0.15, 0.2) is 41.8 Å². The van der Waals surface area contributed by atoms with Gasteiger partial charge < -0.3 is 0 Å². The minimum atomic E-state index is -0.656. The zero-order chi connectivity index (χ0) is 22.7. The van der Waals surface area contributed by atoms with Crippen molar-refractivity contribution in [3.63, 3.8) is 0 Å². The fourth-order valence-electron chi connectivity index (χ4n) is 5.85. The van der Waals surface area contributed by atoms with Crippen LogP contribution in [0.25, 0.3) is 10.9 Å². The Kier molecular flexibility index (Phi) is 4.34. The van der Waals surface area contributed by atoms with Crippen molar-refractivity contribution in [2.75, 3.05) is 0 Å². The second kappa shape index (κ2) is 7.17. The number of halogens is 2. The van der Waals surface area contributed by atoms with Crippen LogP contribution in [-0.2, 0) is 11.3 Å². The van der Waals surface area contributed by atoms with Crippen LogP contribution in [-0.4, -0.2) is 31.9 Å². The number of carbonyl (C=O) groups excluding carboxylic acids is 1. The molecule has 1 aromatic carbocycles. The molecule has 0 spiro atoms. The summed E-state index contributed by atoms with van der Waals surface area (Å²) in [4.78, 5) is 17.6. The molecule has 166 valence electrons. The highest BCUT2D eigenvalue weighted by Crippen LogP contribution is 2.66. The van der Waals surface area contributed by atoms with Crippen LogP contribution in [0.1, 0.15) is 43.0 Å². The summed E-state index contributed by atoms with van der Waals surface area (Å²) < 4.78 is 29.4. The van der Waals surface area contributed by atoms with Gasteiger partial charge in [0.15, 0.2) is 0 Å². The molecule has 2 aromatic heterocycles. The molecule has 3 aromatic rings. The molecule has 0 N–H and O–H groups in total. The third-order valence-corrected chi connectivity index (χ3v) is 7.51. The van der Waals surface area contributed by atoms with Gasteiger partial charge in [0.2, 0.25) is 5.91 Å². The first-order valence-electron chi connectivity index (χ1n) is 11.0. The van der Waals surface area contributed by atoms with Crippen molar-refractivity contribution in [2.45, 2.75) is 38.3 Å². The molecular weight excluding hydrogens is 426 g/mol. The lowest BCUT2D eigenvalue weighted by molar-refractivity contribution is -0.188. The van der Waals surface area contributed by atoms with Crippen LogP contribution in [0.2, 0.25) is 0 Å². The third kappa shape index (κ3) is 3.04. The summed E-state index contributed by atoms with van der Waals surface area (Å²) in [5.74, 6) is -0.803. The number of benzene rings is 1. The van der Waals surface area contributed by atoms with Gasteiger partial charge in [-0.15, -0.1) is 0 Å². The summed E-state index contributed by atoms with van der Waals surface area (Å²) in [6.45, 7) is 0.693. The number of carbonyl (C=O) groups is 1. The molecular formula is C24H20F2N6O. The first-order valence-corrected chi connectivity index (χ1v) is 11.0. The van der Waals surface area contributed by atoms with Crippen LogP contribution in [0.5, 0.6) is 0 Å². The number of hydrazone groups is 1. The van der Waals surface area contributed by atoms with E-state index >= 15 is 0 Å². The number of amides is 1. The average Bonchev–Trinajstić information content (AvgIpc) is 3.41. The lowest BCUT2D eigenvalue weighted by atomic mass is 9.42. The number of nitrogens with zero attached hydrogens (tertiary/aromatic N) is 6. The Labute approximate surface area is 188 Å². The van der Waals surface area contributed by atoms with Crippen molar-refractivity contribution in [1.82, 2.24) is 19.8 Å². The molecule has 3 aliphatic rings. The smallest absolute Gasteiger partial charge is 0.249 e. The van der Waals surface area contributed by atoms with Crippen molar-refractivity contribution in [2.24, 2.45) is 22.4 Å². The molecule has 3 heterocycles. The van der Waals surface area contributed by atoms with Crippen LogP contribution in [0, 0.1) is 40.2 Å². The van der Waals surface area contributed by atoms with Gasteiger partial charge in [0, 0.05) is 36.8 Å². The number of rotatable bonds is 4. The van der Waals surface area contributed by atoms with Crippen LogP contribution >= 0.6 is 0 Å². The van der Waals surface area contributed by atoms with Crippen LogP contribution in [0.4, 0.5) is 8.78 Å². The Balaban J connectivity index is 1.18. The summed E-state index contributed by atoms with van der Waals surface area (Å²) in [6.07, 6.45) is 8.11. The van der Waals surface area contributed by atoms with Gasteiger partial charge in [-0.25, -0.2) is 18.8 Å². The number of hydrogen-bond donors (Lipinski definition) is 0. The molecule has 0 saturated heterocycles. The molecule has 1 aliphatic heterocycles. The van der Waals surface area contributed by atoms with E-state index in [1.807, 2.05) is 16.9 Å². The maximum absolute atomic E-state index is 13.8. The van der Waals surface area contributed by atoms with E-state index in [0.29, 0.717) is 30.1 Å². The van der Waals surface area contributed by atoms with Crippen molar-refractivity contribution in [3.8, 4) is 6.07 Å². The summed E-state index contributed by atoms with van der Waals surface area (Å²) in [6, 6.07) is 6.66. The molecule has 1 amide bonds. The molecule has 0 radical (unpaired) electrons. The Bertz CT molecular complexity index is 1340. The number of pyridine rings is 1. The molecule has 4 atom stereocenters. The second-order valence-electron chi connectivity index (χ2n) is 9.26. The summed E-state index contributed by atoms with van der Waals surface area (Å²) >= 11 is 0. The number of aromatic nitrogens is 3. The quantitative estimate of drug-likeness (QED) is 0.607. The molecule has 2 saturated carbocycles. The van der Waals surface area contributed by atoms with E-state index in [-0.39, 0.29) is 11.8 Å². The van der Waals surface area contributed by atoms with E-state index in [1.165, 1.54) is 17.1 Å². The molecule has 6 rings (SSSR count). The lowest BCUT2D eigenvalue weighted by Gasteiger charge is -2.62. The maximum atomic E-state index is 13.8. The van der Waals surface area contributed by atoms with Crippen molar-refractivity contribution in [1.29, 1.82) is 5.26 Å². The lowest BCUT2D eigenvalue weighted by Crippen LogP contribution is -2.63. The van der Waals surface area contributed by atoms with E-state index in [4.69, 9.17) is 5.26 Å². The van der Waals surface area contributed by atoms with E-state index in [2.05, 4.69) is 15.2 Å². The first kappa shape index (κ1) is 20.0. The predicted molar refractivity (Wildman–Crippen MR) is 115 cm³/mol. The van der Waals surface area contributed by atoms with E-state index in [1.54, 1.807) is 18.5 Å². The van der Waals surface area contributed by atoms with Crippen molar-refractivity contribution < 1.29 is 13.6 Å². The normalized spacial score (nSPS) is 27.7. The molecule has 4 unspecified atom stereocenters. The Morgan fingerprint density at radius 2 is 2.06 bits per heavy atom. The van der Waals surface area contributed by atoms with Gasteiger partial charge in [-0.05, 0) is 54.9 Å². The maximum Gasteiger partial charge on any atom is 0.249 e. The Morgan fingerprint density at radius 3 is 2.76 bits per heavy atom. The third-order valence-electron chi connectivity index (χ3n) is 7.51. The molecule has 0 bridgehead atoms. The highest BCUT2D eigenvalue weighted by Gasteiger charge is 2.65. The zero-order valence-electron chi connectivity index (χ0n) is 17.7. The van der Waals surface area contributed by atoms with Gasteiger partial charge in [-0.2, -0.15) is 15.5 Å². The summed E-state index contributed by atoms with van der Waals surface area (Å²) in [7, 11) is 0. The molecule has 33 heavy (non-hydrogen) atoms. The van der Waals surface area contributed by atoms with Gasteiger partial charge in [0.1, 0.15) is 28.9 Å². The van der Waals surface area contributed by atoms with E-state index < -0.39 is 23.1 Å². The summed E-state index contributed by atoms with van der Waals surface area (Å²) in [5.41, 5.74) is 1.07. The van der Waals surface area contributed by atoms with Gasteiger partial charge in [0.25, 0.3) is 0 Å². The number of fused-ring (bicyclic) bond motifs is 2. The minimum Gasteiger partial charge on any atom is -0.272 e. The fraction of sp³-hybridized carbons (Fsp3) is 0.375. The van der Waals surface area contributed by atoms with Crippen molar-refractivity contribution in [3.05, 3.63) is 59.6 Å². The fourth-order valence-corrected chi connectivity index (χ4v) is 5.85. The number of hydrogen-bond acceptors (Lipinski definition) is 5. The van der Waals surface area contributed by atoms with Gasteiger partial charge in [-0.3, -0.25) is 9.48 Å². The largest absolute Gasteiger partial charge is 0.272 e. The molecule has 2 fully saturated rings. The second-order valence-corrected chi connectivity index (χ2v) is 9.26. The Hall–Kier alpha value is -3.67. The highest BCUT2D eigenvalue weighted by atomic mass is 19.1. The predicted octanol–water partition coefficient (Wildman–Crippen LogP) is 3.96. The number of nitriles is 1. The standard InChI is InChI=1S/C24H20F2N6O/c25-17-5-14(6-18(26)8-17)22-2-4-29-32(22)23(33)24-3-1-20(24)16(9-24)13-31-12-15-7-19(10-27)28-11-21(15)30-31/h4-8,11-12,16,20,22H,1-3,9,13H2. The summed E-state index contributed by atoms with van der Waals surface area (Å²) in [5, 5.41) is 20.2. The Morgan fingerprint density at radius 1 is 1.24 bits per heavy atom. The first-order chi connectivity index (χ1) is 16.0. The van der Waals surface area contributed by atoms with Gasteiger partial charge >= 0.3 is 0 Å². The molecule has 9 heteroatoms. The van der Waals surface area contributed by atoms with E-state index in [9.17, 15) is 13.6 Å². The van der Waals surface area contributed by atoms with Crippen LogP contribution in [0.3, 0.4) is 0 Å². The van der Waals surface area contributed by atoms with Crippen LogP contribution < -0.4 is 0 Å². The molecule has 2 aliphatic carbocycles. The zero-order valence-corrected chi connectivity index (χ0v) is 17.7. The SMILES string of the molecule is N#Cc1cc2cn(CC3CC4(C(=O)N5N=CCC5c5cc(F)cc(F)c5)CCC34)nc2cn1. The highest BCUT2D eigenvalue weighted by molar-refractivity contribution is 5.87. The van der Waals surface area contributed by atoms with Gasteiger partial charge in [-0.1, -0.05) is 0 Å². The monoisotopic (exact) mass is 446 g/mol. The molecule has 7 nitrogen and oxygen atoms in total. The minimum absolute atomic E-state index is 0.0492. The van der Waals surface area contributed by atoms with Crippen molar-refractivity contribution >= 4 is 23.0 Å². The topological polar surface area (TPSA) is 87.2 Å². The average molecular weight is 446 g/mol. The van der Waals surface area contributed by atoms with E-state index in [0.717, 1.165) is 36.2 Å². The van der Waals surface area contributed by atoms with Gasteiger partial charge in [0.05, 0.1) is 17.7 Å².